The van der Waals surface area contributed by atoms with Gasteiger partial charge in [-0.15, -0.1) is 5.10 Å². The Labute approximate surface area is 150 Å². The Morgan fingerprint density at radius 3 is 2.64 bits per heavy atom. The SMILES string of the molecule is CC(C)NC(=O)NC(=O)CSc1nc(C2CC2)n(-c2ccccc2)n1. The zero-order chi connectivity index (χ0) is 17.8. The molecule has 0 saturated heterocycles. The fourth-order valence-electron chi connectivity index (χ4n) is 2.32. The molecule has 132 valence electrons. The minimum atomic E-state index is -0.484. The summed E-state index contributed by atoms with van der Waals surface area (Å²) in [5.74, 6) is 1.10. The van der Waals surface area contributed by atoms with E-state index in [9.17, 15) is 9.59 Å². The number of thioether (sulfide) groups is 1. The van der Waals surface area contributed by atoms with E-state index in [2.05, 4.69) is 20.7 Å². The van der Waals surface area contributed by atoms with Crippen molar-refractivity contribution in [2.45, 2.75) is 43.8 Å². The molecule has 0 atom stereocenters. The number of urea groups is 1. The standard InChI is InChI=1S/C17H21N5O2S/c1-11(2)18-16(24)19-14(23)10-25-17-20-15(12-8-9-12)22(21-17)13-6-4-3-5-7-13/h3-7,11-12H,8-10H2,1-2H3,(H2,18,19,23,24). The lowest BCUT2D eigenvalue weighted by Gasteiger charge is -2.08. The van der Waals surface area contributed by atoms with E-state index in [0.717, 1.165) is 24.4 Å². The van der Waals surface area contributed by atoms with Crippen molar-refractivity contribution in [2.24, 2.45) is 0 Å². The highest BCUT2D eigenvalue weighted by Gasteiger charge is 2.30. The fourth-order valence-corrected chi connectivity index (χ4v) is 2.95. The Morgan fingerprint density at radius 2 is 2.00 bits per heavy atom. The summed E-state index contributed by atoms with van der Waals surface area (Å²) < 4.78 is 1.85. The lowest BCUT2D eigenvalue weighted by atomic mass is 10.3. The van der Waals surface area contributed by atoms with Gasteiger partial charge in [-0.05, 0) is 38.8 Å². The Kier molecular flexibility index (Phi) is 5.37. The van der Waals surface area contributed by atoms with Crippen molar-refractivity contribution < 1.29 is 9.59 Å². The molecule has 3 rings (SSSR count). The number of para-hydroxylation sites is 1. The number of rotatable bonds is 6. The van der Waals surface area contributed by atoms with Crippen molar-refractivity contribution in [2.75, 3.05) is 5.75 Å². The van der Waals surface area contributed by atoms with Gasteiger partial charge in [-0.1, -0.05) is 30.0 Å². The minimum Gasteiger partial charge on any atom is -0.336 e. The van der Waals surface area contributed by atoms with Crippen LogP contribution in [-0.2, 0) is 4.79 Å². The largest absolute Gasteiger partial charge is 0.336 e. The molecular weight excluding hydrogens is 338 g/mol. The first-order valence-corrected chi connectivity index (χ1v) is 9.27. The van der Waals surface area contributed by atoms with Crippen LogP contribution in [0.5, 0.6) is 0 Å². The number of benzene rings is 1. The third-order valence-corrected chi connectivity index (χ3v) is 4.40. The molecule has 1 fully saturated rings. The van der Waals surface area contributed by atoms with E-state index in [1.165, 1.54) is 11.8 Å². The molecule has 1 saturated carbocycles. The van der Waals surface area contributed by atoms with Crippen LogP contribution in [-0.4, -0.2) is 38.5 Å². The molecule has 2 aromatic rings. The van der Waals surface area contributed by atoms with E-state index in [-0.39, 0.29) is 17.7 Å². The van der Waals surface area contributed by atoms with Gasteiger partial charge in [0.25, 0.3) is 0 Å². The van der Waals surface area contributed by atoms with Gasteiger partial charge >= 0.3 is 6.03 Å². The molecule has 1 aromatic heterocycles. The summed E-state index contributed by atoms with van der Waals surface area (Å²) in [4.78, 5) is 28.0. The number of hydrogen-bond donors (Lipinski definition) is 2. The summed E-state index contributed by atoms with van der Waals surface area (Å²) in [5, 5.41) is 9.99. The zero-order valence-electron chi connectivity index (χ0n) is 14.2. The van der Waals surface area contributed by atoms with Crippen molar-refractivity contribution in [1.29, 1.82) is 0 Å². The summed E-state index contributed by atoms with van der Waals surface area (Å²) in [7, 11) is 0. The van der Waals surface area contributed by atoms with Crippen LogP contribution in [0.4, 0.5) is 4.79 Å². The smallest absolute Gasteiger partial charge is 0.321 e. The number of hydrogen-bond acceptors (Lipinski definition) is 5. The predicted molar refractivity (Wildman–Crippen MR) is 95.9 cm³/mol. The van der Waals surface area contributed by atoms with Crippen molar-refractivity contribution in [1.82, 2.24) is 25.4 Å². The summed E-state index contributed by atoms with van der Waals surface area (Å²) in [6.07, 6.45) is 2.23. The lowest BCUT2D eigenvalue weighted by Crippen LogP contribution is -2.43. The first-order valence-electron chi connectivity index (χ1n) is 8.28. The number of carbonyl (C=O) groups is 2. The molecule has 1 aliphatic carbocycles. The molecule has 0 spiro atoms. The van der Waals surface area contributed by atoms with E-state index in [1.807, 2.05) is 48.9 Å². The van der Waals surface area contributed by atoms with Crippen LogP contribution >= 0.6 is 11.8 Å². The summed E-state index contributed by atoms with van der Waals surface area (Å²) >= 11 is 1.23. The molecule has 7 nitrogen and oxygen atoms in total. The van der Waals surface area contributed by atoms with Gasteiger partial charge in [-0.25, -0.2) is 14.5 Å². The molecule has 0 unspecified atom stereocenters. The molecule has 2 N–H and O–H groups in total. The van der Waals surface area contributed by atoms with Crippen LogP contribution < -0.4 is 10.6 Å². The lowest BCUT2D eigenvalue weighted by molar-refractivity contribution is -0.117. The number of nitrogens with zero attached hydrogens (tertiary/aromatic N) is 3. The van der Waals surface area contributed by atoms with E-state index >= 15 is 0 Å². The summed E-state index contributed by atoms with van der Waals surface area (Å²) in [6.45, 7) is 3.66. The van der Waals surface area contributed by atoms with Crippen LogP contribution in [0.15, 0.2) is 35.5 Å². The van der Waals surface area contributed by atoms with E-state index < -0.39 is 6.03 Å². The normalized spacial score (nSPS) is 13.7. The van der Waals surface area contributed by atoms with Gasteiger partial charge < -0.3 is 5.32 Å². The second-order valence-corrected chi connectivity index (χ2v) is 7.18. The fraction of sp³-hybridized carbons (Fsp3) is 0.412. The van der Waals surface area contributed by atoms with Gasteiger partial charge in [0.05, 0.1) is 11.4 Å². The Balaban J connectivity index is 1.63. The predicted octanol–water partition coefficient (Wildman–Crippen LogP) is 2.47. The highest BCUT2D eigenvalue weighted by molar-refractivity contribution is 7.99. The molecule has 0 radical (unpaired) electrons. The highest BCUT2D eigenvalue weighted by Crippen LogP contribution is 2.40. The zero-order valence-corrected chi connectivity index (χ0v) is 15.0. The average molecular weight is 359 g/mol. The summed E-state index contributed by atoms with van der Waals surface area (Å²) in [6, 6.07) is 9.34. The van der Waals surface area contributed by atoms with Crippen LogP contribution in [0.3, 0.4) is 0 Å². The van der Waals surface area contributed by atoms with Gasteiger partial charge in [-0.3, -0.25) is 10.1 Å². The number of carbonyl (C=O) groups excluding carboxylic acids is 2. The molecule has 0 aliphatic heterocycles. The Morgan fingerprint density at radius 1 is 1.28 bits per heavy atom. The maximum Gasteiger partial charge on any atom is 0.321 e. The molecule has 1 heterocycles. The molecule has 1 aliphatic rings. The molecule has 8 heteroatoms. The molecule has 0 bridgehead atoms. The second kappa shape index (κ2) is 7.69. The van der Waals surface area contributed by atoms with Crippen LogP contribution in [0.1, 0.15) is 38.4 Å². The monoisotopic (exact) mass is 359 g/mol. The van der Waals surface area contributed by atoms with Crippen molar-refractivity contribution in [3.8, 4) is 5.69 Å². The van der Waals surface area contributed by atoms with Gasteiger partial charge in [0, 0.05) is 12.0 Å². The van der Waals surface area contributed by atoms with Crippen molar-refractivity contribution in [3.63, 3.8) is 0 Å². The molecule has 1 aromatic carbocycles. The number of amides is 3. The van der Waals surface area contributed by atoms with Gasteiger partial charge in [0.15, 0.2) is 0 Å². The summed E-state index contributed by atoms with van der Waals surface area (Å²) in [5.41, 5.74) is 0.963. The topological polar surface area (TPSA) is 88.9 Å². The van der Waals surface area contributed by atoms with Crippen LogP contribution in [0.2, 0.25) is 0 Å². The average Bonchev–Trinajstić information content (AvgIpc) is 3.32. The first kappa shape index (κ1) is 17.5. The van der Waals surface area contributed by atoms with Crippen molar-refractivity contribution >= 4 is 23.7 Å². The third-order valence-electron chi connectivity index (χ3n) is 3.56. The Hall–Kier alpha value is -2.35. The molecule has 25 heavy (non-hydrogen) atoms. The van der Waals surface area contributed by atoms with Gasteiger partial charge in [0.1, 0.15) is 5.82 Å². The number of imide groups is 1. The van der Waals surface area contributed by atoms with Gasteiger partial charge in [-0.2, -0.15) is 0 Å². The van der Waals surface area contributed by atoms with Gasteiger partial charge in [0.2, 0.25) is 11.1 Å². The van der Waals surface area contributed by atoms with E-state index in [1.54, 1.807) is 0 Å². The molecular formula is C17H21N5O2S. The van der Waals surface area contributed by atoms with Crippen LogP contribution in [0, 0.1) is 0 Å². The van der Waals surface area contributed by atoms with Crippen molar-refractivity contribution in [3.05, 3.63) is 36.2 Å². The van der Waals surface area contributed by atoms with E-state index in [4.69, 9.17) is 0 Å². The van der Waals surface area contributed by atoms with Crippen LogP contribution in [0.25, 0.3) is 5.69 Å². The second-order valence-electron chi connectivity index (χ2n) is 6.24. The Bertz CT molecular complexity index is 756. The minimum absolute atomic E-state index is 0.0233. The number of nitrogens with one attached hydrogen (secondary N) is 2. The number of aromatic nitrogens is 3. The maximum atomic E-state index is 11.9. The molecule has 3 amide bonds. The third kappa shape index (κ3) is 4.82. The highest BCUT2D eigenvalue weighted by atomic mass is 32.2. The first-order chi connectivity index (χ1) is 12.0. The van der Waals surface area contributed by atoms with E-state index in [0.29, 0.717) is 11.1 Å². The quantitative estimate of drug-likeness (QED) is 0.774. The maximum absolute atomic E-state index is 11.9.